The van der Waals surface area contributed by atoms with Gasteiger partial charge in [0.25, 0.3) is 0 Å². The lowest BCUT2D eigenvalue weighted by Crippen LogP contribution is -2.04. The number of hydrogen-bond acceptors (Lipinski definition) is 3. The smallest absolute Gasteiger partial charge is 0.197 e. The van der Waals surface area contributed by atoms with Gasteiger partial charge in [-0.3, -0.25) is 4.79 Å². The van der Waals surface area contributed by atoms with Gasteiger partial charge in [-0.05, 0) is 30.2 Å². The number of methoxy groups -OCH3 is 1. The fraction of sp³-hybridized carbons (Fsp3) is 0.0952. The minimum Gasteiger partial charge on any atom is -0.507 e. The second kappa shape index (κ2) is 6.59. The van der Waals surface area contributed by atoms with Crippen molar-refractivity contribution in [2.75, 3.05) is 7.11 Å². The standard InChI is InChI=1S/C21H18O3/c1-14-12-16(17-10-6-7-11-19(17)24-2)13-18(22)20(14)21(23)15-8-4-3-5-9-15/h3-13,22H,1-2H3. The Morgan fingerprint density at radius 3 is 2.29 bits per heavy atom. The molecular weight excluding hydrogens is 300 g/mol. The lowest BCUT2D eigenvalue weighted by molar-refractivity contribution is 0.103. The molecule has 0 aliphatic heterocycles. The van der Waals surface area contributed by atoms with Crippen molar-refractivity contribution in [1.29, 1.82) is 0 Å². The molecule has 3 rings (SSSR count). The highest BCUT2D eigenvalue weighted by Gasteiger charge is 2.18. The third-order valence-corrected chi connectivity index (χ3v) is 4.00. The third-order valence-electron chi connectivity index (χ3n) is 4.00. The maximum atomic E-state index is 12.7. The van der Waals surface area contributed by atoms with Crippen molar-refractivity contribution in [3.8, 4) is 22.6 Å². The second-order valence-electron chi connectivity index (χ2n) is 5.58. The summed E-state index contributed by atoms with van der Waals surface area (Å²) < 4.78 is 5.38. The van der Waals surface area contributed by atoms with E-state index in [1.54, 1.807) is 25.3 Å². The first kappa shape index (κ1) is 15.8. The number of rotatable bonds is 4. The van der Waals surface area contributed by atoms with Gasteiger partial charge in [-0.15, -0.1) is 0 Å². The summed E-state index contributed by atoms with van der Waals surface area (Å²) in [6.07, 6.45) is 0. The summed E-state index contributed by atoms with van der Waals surface area (Å²) in [7, 11) is 1.61. The van der Waals surface area contributed by atoms with Crippen molar-refractivity contribution in [3.05, 3.63) is 83.4 Å². The maximum absolute atomic E-state index is 12.7. The van der Waals surface area contributed by atoms with Crippen molar-refractivity contribution in [1.82, 2.24) is 0 Å². The van der Waals surface area contributed by atoms with Crippen molar-refractivity contribution in [2.45, 2.75) is 6.92 Å². The number of benzene rings is 3. The monoisotopic (exact) mass is 318 g/mol. The highest BCUT2D eigenvalue weighted by Crippen LogP contribution is 2.35. The summed E-state index contributed by atoms with van der Waals surface area (Å²) in [5.74, 6) is 0.514. The molecule has 0 bridgehead atoms. The first-order valence-corrected chi connectivity index (χ1v) is 7.68. The number of hydrogen-bond donors (Lipinski definition) is 1. The predicted octanol–water partition coefficient (Wildman–Crippen LogP) is 4.61. The van der Waals surface area contributed by atoms with Crippen LogP contribution in [0.15, 0.2) is 66.7 Å². The Hall–Kier alpha value is -3.07. The van der Waals surface area contributed by atoms with E-state index in [-0.39, 0.29) is 11.5 Å². The average Bonchev–Trinajstić information content (AvgIpc) is 2.61. The molecule has 3 aromatic rings. The molecule has 24 heavy (non-hydrogen) atoms. The Balaban J connectivity index is 2.08. The molecule has 3 aromatic carbocycles. The van der Waals surface area contributed by atoms with E-state index in [0.717, 1.165) is 22.4 Å². The van der Waals surface area contributed by atoms with Crippen LogP contribution in [0.1, 0.15) is 21.5 Å². The molecule has 0 aliphatic carbocycles. The van der Waals surface area contributed by atoms with Gasteiger partial charge in [-0.2, -0.15) is 0 Å². The van der Waals surface area contributed by atoms with Crippen LogP contribution in [-0.4, -0.2) is 18.0 Å². The van der Waals surface area contributed by atoms with Crippen molar-refractivity contribution in [3.63, 3.8) is 0 Å². The van der Waals surface area contributed by atoms with Gasteiger partial charge in [0, 0.05) is 11.1 Å². The van der Waals surface area contributed by atoms with Crippen LogP contribution in [0.2, 0.25) is 0 Å². The molecule has 120 valence electrons. The lowest BCUT2D eigenvalue weighted by Gasteiger charge is -2.13. The zero-order valence-electron chi connectivity index (χ0n) is 13.6. The van der Waals surface area contributed by atoms with E-state index in [9.17, 15) is 9.90 Å². The Morgan fingerprint density at radius 1 is 0.958 bits per heavy atom. The molecule has 1 N–H and O–H groups in total. The highest BCUT2D eigenvalue weighted by molar-refractivity contribution is 6.12. The molecule has 3 nitrogen and oxygen atoms in total. The molecule has 0 amide bonds. The number of aryl methyl sites for hydroxylation is 1. The molecule has 0 heterocycles. The molecule has 3 heteroatoms. The minimum absolute atomic E-state index is 0.0234. The second-order valence-corrected chi connectivity index (χ2v) is 5.58. The fourth-order valence-electron chi connectivity index (χ4n) is 2.84. The summed E-state index contributed by atoms with van der Waals surface area (Å²) in [5.41, 5.74) is 3.30. The minimum atomic E-state index is -0.183. The first-order valence-electron chi connectivity index (χ1n) is 7.68. The Bertz CT molecular complexity index is 860. The molecule has 0 unspecified atom stereocenters. The number of ether oxygens (including phenoxy) is 1. The predicted molar refractivity (Wildman–Crippen MR) is 94.7 cm³/mol. The van der Waals surface area contributed by atoms with Crippen LogP contribution in [0.5, 0.6) is 11.5 Å². The number of ketones is 1. The zero-order valence-corrected chi connectivity index (χ0v) is 13.6. The highest BCUT2D eigenvalue weighted by atomic mass is 16.5. The Kier molecular flexibility index (Phi) is 4.34. The van der Waals surface area contributed by atoms with Crippen molar-refractivity contribution < 1.29 is 14.6 Å². The molecule has 0 aliphatic rings. The molecular formula is C21H18O3. The third kappa shape index (κ3) is 2.88. The van der Waals surface area contributed by atoms with Crippen LogP contribution in [0.4, 0.5) is 0 Å². The van der Waals surface area contributed by atoms with Crippen LogP contribution < -0.4 is 4.74 Å². The molecule has 0 spiro atoms. The summed E-state index contributed by atoms with van der Waals surface area (Å²) >= 11 is 0. The summed E-state index contributed by atoms with van der Waals surface area (Å²) in [5, 5.41) is 10.5. The SMILES string of the molecule is COc1ccccc1-c1cc(C)c(C(=O)c2ccccc2)c(O)c1. The van der Waals surface area contributed by atoms with Crippen molar-refractivity contribution in [2.24, 2.45) is 0 Å². The van der Waals surface area contributed by atoms with E-state index in [0.29, 0.717) is 11.1 Å². The first-order chi connectivity index (χ1) is 11.6. The van der Waals surface area contributed by atoms with Crippen LogP contribution in [0.25, 0.3) is 11.1 Å². The van der Waals surface area contributed by atoms with Crippen LogP contribution in [0.3, 0.4) is 0 Å². The number of phenolic OH excluding ortho intramolecular Hbond substituents is 1. The van der Waals surface area contributed by atoms with Crippen LogP contribution in [-0.2, 0) is 0 Å². The van der Waals surface area contributed by atoms with E-state index >= 15 is 0 Å². The van der Waals surface area contributed by atoms with E-state index in [4.69, 9.17) is 4.74 Å². The summed E-state index contributed by atoms with van der Waals surface area (Å²) in [6.45, 7) is 1.83. The Labute approximate surface area is 141 Å². The van der Waals surface area contributed by atoms with Gasteiger partial charge in [0.05, 0.1) is 12.7 Å². The normalized spacial score (nSPS) is 10.4. The van der Waals surface area contributed by atoms with E-state index in [1.165, 1.54) is 0 Å². The molecule has 0 atom stereocenters. The van der Waals surface area contributed by atoms with Gasteiger partial charge in [0.1, 0.15) is 11.5 Å². The van der Waals surface area contributed by atoms with Gasteiger partial charge in [0.2, 0.25) is 0 Å². The number of para-hydroxylation sites is 1. The van der Waals surface area contributed by atoms with Crippen LogP contribution >= 0.6 is 0 Å². The van der Waals surface area contributed by atoms with E-state index in [2.05, 4.69) is 0 Å². The molecule has 0 saturated heterocycles. The lowest BCUT2D eigenvalue weighted by atomic mass is 9.93. The van der Waals surface area contributed by atoms with E-state index < -0.39 is 0 Å². The van der Waals surface area contributed by atoms with Gasteiger partial charge < -0.3 is 9.84 Å². The van der Waals surface area contributed by atoms with Gasteiger partial charge >= 0.3 is 0 Å². The summed E-state index contributed by atoms with van der Waals surface area (Å²) in [6, 6.07) is 20.1. The fourth-order valence-corrected chi connectivity index (χ4v) is 2.84. The largest absolute Gasteiger partial charge is 0.507 e. The molecule has 0 radical (unpaired) electrons. The quantitative estimate of drug-likeness (QED) is 0.715. The molecule has 0 fully saturated rings. The zero-order chi connectivity index (χ0) is 17.1. The van der Waals surface area contributed by atoms with Gasteiger partial charge in [-0.25, -0.2) is 0 Å². The van der Waals surface area contributed by atoms with Gasteiger partial charge in [0.15, 0.2) is 5.78 Å². The number of carbonyl (C=O) groups is 1. The van der Waals surface area contributed by atoms with Crippen molar-refractivity contribution >= 4 is 5.78 Å². The topological polar surface area (TPSA) is 46.5 Å². The molecule has 0 saturated carbocycles. The Morgan fingerprint density at radius 2 is 1.62 bits per heavy atom. The number of carbonyl (C=O) groups excluding carboxylic acids is 1. The number of aromatic hydroxyl groups is 1. The number of phenols is 1. The maximum Gasteiger partial charge on any atom is 0.197 e. The molecule has 0 aromatic heterocycles. The summed E-state index contributed by atoms with van der Waals surface area (Å²) in [4.78, 5) is 12.7. The van der Waals surface area contributed by atoms with E-state index in [1.807, 2.05) is 55.5 Å². The average molecular weight is 318 g/mol. The van der Waals surface area contributed by atoms with Crippen LogP contribution in [0, 0.1) is 6.92 Å². The van der Waals surface area contributed by atoms with Gasteiger partial charge in [-0.1, -0.05) is 54.6 Å².